The molecule has 1 aromatic carbocycles. The molecule has 21 heavy (non-hydrogen) atoms. The topological polar surface area (TPSA) is 48.4 Å². The summed E-state index contributed by atoms with van der Waals surface area (Å²) in [4.78, 5) is 16.1. The summed E-state index contributed by atoms with van der Waals surface area (Å²) in [6, 6.07) is 10.6. The van der Waals surface area contributed by atoms with Crippen molar-refractivity contribution in [3.05, 3.63) is 54.4 Å². The molecule has 0 N–H and O–H groups in total. The van der Waals surface area contributed by atoms with Gasteiger partial charge in [-0.25, -0.2) is 4.79 Å². The molecule has 2 rings (SSSR count). The van der Waals surface area contributed by atoms with Crippen molar-refractivity contribution >= 4 is 5.97 Å². The summed E-state index contributed by atoms with van der Waals surface area (Å²) in [6.45, 7) is 4.60. The Labute approximate surface area is 124 Å². The first kappa shape index (κ1) is 15.0. The lowest BCUT2D eigenvalue weighted by Gasteiger charge is -2.11. The molecule has 0 fully saturated rings. The van der Waals surface area contributed by atoms with E-state index in [0.717, 1.165) is 6.42 Å². The van der Waals surface area contributed by atoms with Gasteiger partial charge < -0.3 is 9.47 Å². The van der Waals surface area contributed by atoms with Crippen LogP contribution in [0, 0.1) is 5.92 Å². The summed E-state index contributed by atoms with van der Waals surface area (Å²) in [5.74, 6) is 1.19. The van der Waals surface area contributed by atoms with Gasteiger partial charge in [0.25, 0.3) is 0 Å². The second-order valence-electron chi connectivity index (χ2n) is 5.11. The van der Waals surface area contributed by atoms with Crippen LogP contribution < -0.4 is 4.74 Å². The van der Waals surface area contributed by atoms with Crippen LogP contribution in [0.4, 0.5) is 0 Å². The first-order chi connectivity index (χ1) is 10.2. The fourth-order valence-corrected chi connectivity index (χ4v) is 1.72. The molecule has 0 unspecified atom stereocenters. The van der Waals surface area contributed by atoms with Gasteiger partial charge in [0.15, 0.2) is 0 Å². The van der Waals surface area contributed by atoms with Crippen LogP contribution in [0.2, 0.25) is 0 Å². The predicted molar refractivity (Wildman–Crippen MR) is 80.5 cm³/mol. The number of nitrogens with zero attached hydrogens (tertiary/aromatic N) is 1. The van der Waals surface area contributed by atoms with E-state index in [1.54, 1.807) is 42.7 Å². The minimum atomic E-state index is -0.366. The van der Waals surface area contributed by atoms with Crippen LogP contribution in [0.15, 0.2) is 48.8 Å². The molecule has 1 heterocycles. The van der Waals surface area contributed by atoms with Crippen molar-refractivity contribution in [1.29, 1.82) is 0 Å². The van der Waals surface area contributed by atoms with Crippen molar-refractivity contribution in [3.8, 4) is 11.5 Å². The molecular formula is C17H19NO3. The Morgan fingerprint density at radius 1 is 1.19 bits per heavy atom. The molecule has 2 aromatic rings. The van der Waals surface area contributed by atoms with E-state index in [9.17, 15) is 4.79 Å². The number of rotatable bonds is 6. The van der Waals surface area contributed by atoms with Crippen LogP contribution in [-0.2, 0) is 4.74 Å². The summed E-state index contributed by atoms with van der Waals surface area (Å²) in [7, 11) is 0. The second-order valence-corrected chi connectivity index (χ2v) is 5.11. The van der Waals surface area contributed by atoms with Gasteiger partial charge >= 0.3 is 5.97 Å². The monoisotopic (exact) mass is 285 g/mol. The Morgan fingerprint density at radius 3 is 2.71 bits per heavy atom. The highest BCUT2D eigenvalue weighted by Gasteiger charge is 2.14. The van der Waals surface area contributed by atoms with Crippen molar-refractivity contribution in [3.63, 3.8) is 0 Å². The third-order valence-electron chi connectivity index (χ3n) is 2.90. The van der Waals surface area contributed by atoms with E-state index in [-0.39, 0.29) is 5.97 Å². The molecule has 0 aliphatic heterocycles. The maximum absolute atomic E-state index is 12.1. The number of hydrogen-bond acceptors (Lipinski definition) is 4. The Morgan fingerprint density at radius 2 is 2.00 bits per heavy atom. The van der Waals surface area contributed by atoms with E-state index >= 15 is 0 Å². The van der Waals surface area contributed by atoms with Gasteiger partial charge in [-0.05, 0) is 36.6 Å². The molecule has 0 radical (unpaired) electrons. The number of carbonyl (C=O) groups excluding carboxylic acids is 1. The zero-order valence-electron chi connectivity index (χ0n) is 12.3. The molecule has 0 bridgehead atoms. The lowest BCUT2D eigenvalue weighted by Crippen LogP contribution is -2.09. The fourth-order valence-electron chi connectivity index (χ4n) is 1.72. The molecule has 0 saturated heterocycles. The number of esters is 1. The molecule has 0 aliphatic rings. The predicted octanol–water partition coefficient (Wildman–Crippen LogP) is 4.08. The van der Waals surface area contributed by atoms with Crippen molar-refractivity contribution in [2.24, 2.45) is 5.92 Å². The van der Waals surface area contributed by atoms with E-state index in [0.29, 0.717) is 29.6 Å². The summed E-state index contributed by atoms with van der Waals surface area (Å²) < 4.78 is 11.0. The minimum Gasteiger partial charge on any atom is -0.462 e. The quantitative estimate of drug-likeness (QED) is 0.750. The average Bonchev–Trinajstić information content (AvgIpc) is 2.48. The highest BCUT2D eigenvalue weighted by atomic mass is 16.5. The third-order valence-corrected chi connectivity index (χ3v) is 2.90. The average molecular weight is 285 g/mol. The summed E-state index contributed by atoms with van der Waals surface area (Å²) >= 11 is 0. The largest absolute Gasteiger partial charge is 0.462 e. The first-order valence-electron chi connectivity index (χ1n) is 7.01. The van der Waals surface area contributed by atoms with Gasteiger partial charge in [-0.2, -0.15) is 0 Å². The summed E-state index contributed by atoms with van der Waals surface area (Å²) in [6.07, 6.45) is 4.11. The molecular weight excluding hydrogens is 266 g/mol. The van der Waals surface area contributed by atoms with E-state index < -0.39 is 0 Å². The molecule has 110 valence electrons. The maximum Gasteiger partial charge on any atom is 0.341 e. The van der Waals surface area contributed by atoms with Crippen molar-refractivity contribution < 1.29 is 14.3 Å². The number of benzene rings is 1. The minimum absolute atomic E-state index is 0.366. The van der Waals surface area contributed by atoms with Crippen LogP contribution >= 0.6 is 0 Å². The van der Waals surface area contributed by atoms with Crippen LogP contribution in [0.5, 0.6) is 11.5 Å². The lowest BCUT2D eigenvalue weighted by atomic mass is 10.1. The van der Waals surface area contributed by atoms with Crippen LogP contribution in [0.3, 0.4) is 0 Å². The number of aromatic nitrogens is 1. The number of carbonyl (C=O) groups is 1. The number of hydrogen-bond donors (Lipinski definition) is 0. The molecule has 0 amide bonds. The highest BCUT2D eigenvalue weighted by molar-refractivity contribution is 5.92. The molecule has 0 atom stereocenters. The van der Waals surface area contributed by atoms with Crippen molar-refractivity contribution in [2.75, 3.05) is 6.61 Å². The van der Waals surface area contributed by atoms with Gasteiger partial charge in [0.05, 0.1) is 12.8 Å². The van der Waals surface area contributed by atoms with Gasteiger partial charge in [-0.1, -0.05) is 26.0 Å². The van der Waals surface area contributed by atoms with Gasteiger partial charge in [-0.3, -0.25) is 4.98 Å². The zero-order valence-corrected chi connectivity index (χ0v) is 12.3. The molecule has 4 nitrogen and oxygen atoms in total. The Hall–Kier alpha value is -2.36. The fraction of sp³-hybridized carbons (Fsp3) is 0.294. The maximum atomic E-state index is 12.1. The standard InChI is InChI=1S/C17H19NO3/c1-13(2)9-11-20-17(19)15-7-3-4-8-16(15)21-14-6-5-10-18-12-14/h3-8,10,12-13H,9,11H2,1-2H3. The van der Waals surface area contributed by atoms with Crippen LogP contribution in [0.25, 0.3) is 0 Å². The number of pyridine rings is 1. The summed E-state index contributed by atoms with van der Waals surface area (Å²) in [5, 5.41) is 0. The smallest absolute Gasteiger partial charge is 0.341 e. The van der Waals surface area contributed by atoms with E-state index in [1.165, 1.54) is 0 Å². The first-order valence-corrected chi connectivity index (χ1v) is 7.01. The molecule has 0 aliphatic carbocycles. The Balaban J connectivity index is 2.07. The van der Waals surface area contributed by atoms with Gasteiger partial charge in [0.2, 0.25) is 0 Å². The molecule has 0 spiro atoms. The van der Waals surface area contributed by atoms with Crippen molar-refractivity contribution in [1.82, 2.24) is 4.98 Å². The second kappa shape index (κ2) is 7.43. The van der Waals surface area contributed by atoms with Gasteiger partial charge in [-0.15, -0.1) is 0 Å². The SMILES string of the molecule is CC(C)CCOC(=O)c1ccccc1Oc1cccnc1. The lowest BCUT2D eigenvalue weighted by molar-refractivity contribution is 0.0485. The third kappa shape index (κ3) is 4.60. The van der Waals surface area contributed by atoms with Crippen molar-refractivity contribution in [2.45, 2.75) is 20.3 Å². The normalized spacial score (nSPS) is 10.4. The molecule has 1 aromatic heterocycles. The Kier molecular flexibility index (Phi) is 5.32. The summed E-state index contributed by atoms with van der Waals surface area (Å²) in [5.41, 5.74) is 0.421. The number of ether oxygens (including phenoxy) is 2. The van der Waals surface area contributed by atoms with Gasteiger partial charge in [0, 0.05) is 6.20 Å². The highest BCUT2D eigenvalue weighted by Crippen LogP contribution is 2.25. The van der Waals surface area contributed by atoms with E-state index in [2.05, 4.69) is 18.8 Å². The van der Waals surface area contributed by atoms with Gasteiger partial charge in [0.1, 0.15) is 17.1 Å². The van der Waals surface area contributed by atoms with Crippen LogP contribution in [-0.4, -0.2) is 17.6 Å². The molecule has 0 saturated carbocycles. The Bertz CT molecular complexity index is 582. The molecule has 4 heteroatoms. The zero-order chi connectivity index (χ0) is 15.1. The van der Waals surface area contributed by atoms with E-state index in [1.807, 2.05) is 6.07 Å². The number of para-hydroxylation sites is 1. The van der Waals surface area contributed by atoms with Crippen LogP contribution in [0.1, 0.15) is 30.6 Å². The van der Waals surface area contributed by atoms with E-state index in [4.69, 9.17) is 9.47 Å².